The molecule has 0 bridgehead atoms. The second-order valence-corrected chi connectivity index (χ2v) is 6.72. The van der Waals surface area contributed by atoms with Crippen LogP contribution in [0.25, 0.3) is 10.8 Å². The van der Waals surface area contributed by atoms with Gasteiger partial charge in [-0.05, 0) is 66.8 Å². The average molecular weight is 344 g/mol. The van der Waals surface area contributed by atoms with Crippen LogP contribution in [0.3, 0.4) is 0 Å². The highest BCUT2D eigenvalue weighted by atomic mass is 79.9. The molecule has 0 aromatic heterocycles. The molecule has 1 N–H and O–H groups in total. The fraction of sp³-hybridized carbons (Fsp3) is 0.368. The van der Waals surface area contributed by atoms with Crippen LogP contribution < -0.4 is 5.32 Å². The molecular formula is C19H22BrN. The van der Waals surface area contributed by atoms with E-state index in [0.29, 0.717) is 6.04 Å². The van der Waals surface area contributed by atoms with Crippen molar-refractivity contribution in [3.8, 4) is 0 Å². The van der Waals surface area contributed by atoms with E-state index in [1.807, 2.05) is 0 Å². The van der Waals surface area contributed by atoms with Crippen LogP contribution in [0, 0.1) is 0 Å². The van der Waals surface area contributed by atoms with Crippen molar-refractivity contribution in [2.75, 3.05) is 6.54 Å². The molecule has 3 rings (SSSR count). The number of hydrogen-bond donors (Lipinski definition) is 1. The third kappa shape index (κ3) is 3.38. The number of halogens is 1. The lowest BCUT2D eigenvalue weighted by molar-refractivity contribution is 0.579. The molecule has 0 saturated carbocycles. The van der Waals surface area contributed by atoms with Crippen molar-refractivity contribution in [1.82, 2.24) is 5.32 Å². The highest BCUT2D eigenvalue weighted by molar-refractivity contribution is 9.10. The van der Waals surface area contributed by atoms with Crippen LogP contribution in [0.2, 0.25) is 0 Å². The van der Waals surface area contributed by atoms with Gasteiger partial charge in [0.2, 0.25) is 0 Å². The summed E-state index contributed by atoms with van der Waals surface area (Å²) in [5.41, 5.74) is 2.96. The lowest BCUT2D eigenvalue weighted by Gasteiger charge is -2.21. The Kier molecular flexibility index (Phi) is 4.77. The van der Waals surface area contributed by atoms with Crippen LogP contribution in [-0.4, -0.2) is 6.54 Å². The summed E-state index contributed by atoms with van der Waals surface area (Å²) in [5.74, 6) is 0. The Balaban J connectivity index is 1.96. The Morgan fingerprint density at radius 1 is 1.14 bits per heavy atom. The molecule has 2 aromatic carbocycles. The van der Waals surface area contributed by atoms with E-state index in [1.54, 1.807) is 5.57 Å². The van der Waals surface area contributed by atoms with Crippen molar-refractivity contribution in [2.24, 2.45) is 0 Å². The predicted octanol–water partition coefficient (Wildman–Crippen LogP) is 5.75. The van der Waals surface area contributed by atoms with E-state index in [0.717, 1.165) is 11.0 Å². The van der Waals surface area contributed by atoms with Gasteiger partial charge < -0.3 is 5.32 Å². The van der Waals surface area contributed by atoms with Crippen molar-refractivity contribution in [3.63, 3.8) is 0 Å². The minimum absolute atomic E-state index is 0.389. The van der Waals surface area contributed by atoms with Gasteiger partial charge in [-0.15, -0.1) is 0 Å². The molecule has 0 spiro atoms. The Hall–Kier alpha value is -1.12. The van der Waals surface area contributed by atoms with Crippen molar-refractivity contribution in [1.29, 1.82) is 0 Å². The summed E-state index contributed by atoms with van der Waals surface area (Å²) in [4.78, 5) is 0. The highest BCUT2D eigenvalue weighted by Crippen LogP contribution is 2.32. The lowest BCUT2D eigenvalue weighted by Crippen LogP contribution is -2.23. The topological polar surface area (TPSA) is 12.0 Å². The van der Waals surface area contributed by atoms with Crippen LogP contribution in [0.4, 0.5) is 0 Å². The largest absolute Gasteiger partial charge is 0.307 e. The number of allylic oxidation sites excluding steroid dienone is 1. The summed E-state index contributed by atoms with van der Waals surface area (Å²) in [6.07, 6.45) is 7.38. The van der Waals surface area contributed by atoms with Gasteiger partial charge in [-0.3, -0.25) is 0 Å². The average Bonchev–Trinajstić information content (AvgIpc) is 3.02. The molecule has 1 atom stereocenters. The van der Waals surface area contributed by atoms with Gasteiger partial charge in [-0.25, -0.2) is 0 Å². The fourth-order valence-electron chi connectivity index (χ4n) is 3.12. The second-order valence-electron chi connectivity index (χ2n) is 5.81. The van der Waals surface area contributed by atoms with E-state index in [2.05, 4.69) is 70.6 Å². The van der Waals surface area contributed by atoms with E-state index in [-0.39, 0.29) is 0 Å². The normalized spacial score (nSPS) is 16.2. The van der Waals surface area contributed by atoms with Gasteiger partial charge in [0, 0.05) is 4.47 Å². The van der Waals surface area contributed by atoms with Gasteiger partial charge >= 0.3 is 0 Å². The maximum absolute atomic E-state index is 3.73. The maximum Gasteiger partial charge on any atom is 0.0536 e. The molecule has 21 heavy (non-hydrogen) atoms. The molecule has 2 aromatic rings. The first-order valence-electron chi connectivity index (χ1n) is 7.89. The molecule has 0 radical (unpaired) electrons. The first kappa shape index (κ1) is 14.8. The van der Waals surface area contributed by atoms with E-state index in [1.165, 1.54) is 42.0 Å². The number of nitrogens with one attached hydrogen (secondary N) is 1. The van der Waals surface area contributed by atoms with Gasteiger partial charge in [0.1, 0.15) is 0 Å². The molecule has 0 aliphatic heterocycles. The molecule has 1 aliphatic rings. The SMILES string of the molecule is CCCNC(C1=CCCC1)c1ccc2cc(Br)ccc2c1. The Morgan fingerprint density at radius 3 is 2.71 bits per heavy atom. The molecule has 0 amide bonds. The summed E-state index contributed by atoms with van der Waals surface area (Å²) in [7, 11) is 0. The summed E-state index contributed by atoms with van der Waals surface area (Å²) in [5, 5.41) is 6.34. The molecule has 1 nitrogen and oxygen atoms in total. The van der Waals surface area contributed by atoms with Gasteiger partial charge in [-0.1, -0.05) is 52.7 Å². The zero-order valence-corrected chi connectivity index (χ0v) is 14.1. The van der Waals surface area contributed by atoms with Crippen molar-refractivity contribution in [2.45, 2.75) is 38.6 Å². The Morgan fingerprint density at radius 2 is 1.95 bits per heavy atom. The predicted molar refractivity (Wildman–Crippen MR) is 94.6 cm³/mol. The van der Waals surface area contributed by atoms with E-state index < -0.39 is 0 Å². The number of benzene rings is 2. The quantitative estimate of drug-likeness (QED) is 0.681. The van der Waals surface area contributed by atoms with E-state index >= 15 is 0 Å². The second kappa shape index (κ2) is 6.76. The molecule has 1 unspecified atom stereocenters. The number of rotatable bonds is 5. The minimum atomic E-state index is 0.389. The van der Waals surface area contributed by atoms with Crippen LogP contribution in [-0.2, 0) is 0 Å². The molecule has 0 fully saturated rings. The van der Waals surface area contributed by atoms with Gasteiger partial charge in [-0.2, -0.15) is 0 Å². The zero-order valence-electron chi connectivity index (χ0n) is 12.5. The van der Waals surface area contributed by atoms with Gasteiger partial charge in [0.25, 0.3) is 0 Å². The first-order valence-corrected chi connectivity index (χ1v) is 8.69. The Labute approximate surface area is 135 Å². The van der Waals surface area contributed by atoms with E-state index in [4.69, 9.17) is 0 Å². The highest BCUT2D eigenvalue weighted by Gasteiger charge is 2.18. The van der Waals surface area contributed by atoms with Crippen LogP contribution in [0.1, 0.15) is 44.2 Å². The maximum atomic E-state index is 3.73. The summed E-state index contributed by atoms with van der Waals surface area (Å²) < 4.78 is 1.14. The number of fused-ring (bicyclic) bond motifs is 1. The van der Waals surface area contributed by atoms with Crippen LogP contribution in [0.5, 0.6) is 0 Å². The van der Waals surface area contributed by atoms with E-state index in [9.17, 15) is 0 Å². The van der Waals surface area contributed by atoms with Gasteiger partial charge in [0.15, 0.2) is 0 Å². The standard InChI is InChI=1S/C19H22BrN/c1-2-11-21-19(14-5-3-4-6-14)17-8-7-16-13-18(20)10-9-15(16)12-17/h5,7-10,12-13,19,21H,2-4,6,11H2,1H3. The third-order valence-electron chi connectivity index (χ3n) is 4.21. The monoisotopic (exact) mass is 343 g/mol. The van der Waals surface area contributed by atoms with Crippen molar-refractivity contribution in [3.05, 3.63) is 58.1 Å². The molecule has 110 valence electrons. The molecule has 2 heteroatoms. The zero-order chi connectivity index (χ0) is 14.7. The van der Waals surface area contributed by atoms with Crippen molar-refractivity contribution >= 4 is 26.7 Å². The van der Waals surface area contributed by atoms with Crippen LogP contribution in [0.15, 0.2) is 52.5 Å². The lowest BCUT2D eigenvalue weighted by atomic mass is 9.95. The summed E-state index contributed by atoms with van der Waals surface area (Å²) >= 11 is 3.55. The first-order chi connectivity index (χ1) is 10.3. The summed E-state index contributed by atoms with van der Waals surface area (Å²) in [6, 6.07) is 13.8. The minimum Gasteiger partial charge on any atom is -0.307 e. The fourth-order valence-corrected chi connectivity index (χ4v) is 3.50. The molecule has 0 saturated heterocycles. The molecular weight excluding hydrogens is 322 g/mol. The number of hydrogen-bond acceptors (Lipinski definition) is 1. The third-order valence-corrected chi connectivity index (χ3v) is 4.70. The smallest absolute Gasteiger partial charge is 0.0536 e. The van der Waals surface area contributed by atoms with Crippen LogP contribution >= 0.6 is 15.9 Å². The summed E-state index contributed by atoms with van der Waals surface area (Å²) in [6.45, 7) is 3.30. The van der Waals surface area contributed by atoms with Gasteiger partial charge in [0.05, 0.1) is 6.04 Å². The Bertz CT molecular complexity index is 660. The van der Waals surface area contributed by atoms with Crippen molar-refractivity contribution < 1.29 is 0 Å². The molecule has 0 heterocycles. The molecule has 1 aliphatic carbocycles.